The number of aliphatic hydroxyl groups is 12. The molecule has 0 radical (unpaired) electrons. The van der Waals surface area contributed by atoms with Crippen molar-refractivity contribution in [3.63, 3.8) is 0 Å². The van der Waals surface area contributed by atoms with Crippen LogP contribution in [0.25, 0.3) is 0 Å². The van der Waals surface area contributed by atoms with Crippen LogP contribution in [-0.4, -0.2) is 170 Å². The van der Waals surface area contributed by atoms with E-state index in [1.54, 1.807) is 0 Å². The maximum Gasteiger partial charge on any atom is 1.00 e. The molecule has 0 aliphatic heterocycles. The van der Waals surface area contributed by atoms with Gasteiger partial charge in [-0.1, -0.05) is 0 Å². The summed E-state index contributed by atoms with van der Waals surface area (Å²) < 4.78 is 4.57. The molecule has 34 heavy (non-hydrogen) atoms. The van der Waals surface area contributed by atoms with Gasteiger partial charge in [0, 0.05) is 0 Å². The zero-order valence-corrected chi connectivity index (χ0v) is 19.9. The van der Waals surface area contributed by atoms with Gasteiger partial charge in [0.05, 0.1) is 26.4 Å². The van der Waals surface area contributed by atoms with Crippen LogP contribution in [0.15, 0.2) is 0 Å². The van der Waals surface area contributed by atoms with Crippen LogP contribution >= 0.6 is 0 Å². The molecule has 17 nitrogen and oxygen atoms in total. The summed E-state index contributed by atoms with van der Waals surface area (Å²) in [5, 5.41) is 133. The Morgan fingerprint density at radius 3 is 1.12 bits per heavy atom. The van der Waals surface area contributed by atoms with E-state index in [2.05, 4.69) is 4.74 Å². The Bertz CT molecular complexity index is 593. The first-order valence-electron chi connectivity index (χ1n) is 9.18. The third-order valence-electron chi connectivity index (χ3n) is 4.87. The summed E-state index contributed by atoms with van der Waals surface area (Å²) in [6.45, 7) is -5.48. The summed E-state index contributed by atoms with van der Waals surface area (Å²) in [6.07, 6.45) is -19.7. The molecule has 0 amide bonds. The maximum atomic E-state index is 11.4. The zero-order valence-electron chi connectivity index (χ0n) is 18.9. The number of carboxylic acids is 2. The molecular formula is C16H31NaO17. The molecule has 0 heterocycles. The van der Waals surface area contributed by atoms with Crippen LogP contribution in [0.4, 0.5) is 0 Å². The van der Waals surface area contributed by atoms with Crippen LogP contribution < -0.4 is 29.6 Å². The Labute approximate surface area is 215 Å². The van der Waals surface area contributed by atoms with Crippen molar-refractivity contribution in [2.45, 2.75) is 60.0 Å². The zero-order chi connectivity index (χ0) is 26.3. The number of hydrogen-bond donors (Lipinski definition) is 14. The first-order chi connectivity index (χ1) is 15.0. The number of rotatable bonds is 16. The van der Waals surface area contributed by atoms with Crippen molar-refractivity contribution in [3.05, 3.63) is 0 Å². The van der Waals surface area contributed by atoms with Crippen LogP contribution in [0, 0.1) is 0 Å². The monoisotopic (exact) mass is 518 g/mol. The molecule has 0 aliphatic carbocycles. The van der Waals surface area contributed by atoms with Crippen molar-refractivity contribution in [3.8, 4) is 0 Å². The molecule has 18 heteroatoms. The van der Waals surface area contributed by atoms with Crippen molar-refractivity contribution in [1.82, 2.24) is 0 Å². The van der Waals surface area contributed by atoms with Gasteiger partial charge in [-0.2, -0.15) is 0 Å². The normalized spacial score (nSPS) is 22.5. The number of aliphatic hydroxyl groups excluding tert-OH is 10. The molecule has 0 saturated heterocycles. The van der Waals surface area contributed by atoms with E-state index in [4.69, 9.17) is 10.2 Å². The van der Waals surface area contributed by atoms with E-state index in [0.717, 1.165) is 0 Å². The van der Waals surface area contributed by atoms with E-state index < -0.39 is 98.4 Å². The minimum absolute atomic E-state index is 0. The Morgan fingerprint density at radius 2 is 0.912 bits per heavy atom. The summed E-state index contributed by atoms with van der Waals surface area (Å²) in [7, 11) is 0. The number of aliphatic carboxylic acids is 2. The second kappa shape index (κ2) is 14.9. The quantitative estimate of drug-likeness (QED) is 0.0843. The summed E-state index contributed by atoms with van der Waals surface area (Å²) in [5.74, 6) is -4.58. The average Bonchev–Trinajstić information content (AvgIpc) is 2.78. The van der Waals surface area contributed by atoms with E-state index >= 15 is 0 Å². The second-order valence-electron chi connectivity index (χ2n) is 7.30. The van der Waals surface area contributed by atoms with E-state index in [-0.39, 0.29) is 31.0 Å². The van der Waals surface area contributed by atoms with Crippen molar-refractivity contribution >= 4 is 11.9 Å². The molecule has 198 valence electrons. The van der Waals surface area contributed by atoms with E-state index in [1.807, 2.05) is 0 Å². The van der Waals surface area contributed by atoms with Gasteiger partial charge < -0.3 is 77.7 Å². The molecule has 0 aromatic rings. The van der Waals surface area contributed by atoms with Crippen molar-refractivity contribution in [2.24, 2.45) is 0 Å². The van der Waals surface area contributed by atoms with Gasteiger partial charge in [-0.3, -0.25) is 0 Å². The molecule has 2 unspecified atom stereocenters. The molecule has 0 aromatic carbocycles. The van der Waals surface area contributed by atoms with Gasteiger partial charge in [0.25, 0.3) is 0 Å². The SMILES string of the molecule is O=C(O)C(O)(COCC(O)(C(=O)O)[C@H](O)[C@@H](O)[C@H](O)[C@H](O)CO)[C@H](O)[C@@H](O)[C@H](O)[C@H](O)CO.[H-].[Na+]. The van der Waals surface area contributed by atoms with Crippen molar-refractivity contribution in [2.75, 3.05) is 26.4 Å². The molecule has 0 rings (SSSR count). The second-order valence-corrected chi connectivity index (χ2v) is 7.30. The molecule has 10 atom stereocenters. The van der Waals surface area contributed by atoms with Gasteiger partial charge in [-0.15, -0.1) is 0 Å². The number of carbonyl (C=O) groups is 2. The maximum absolute atomic E-state index is 11.4. The molecule has 14 N–H and O–H groups in total. The van der Waals surface area contributed by atoms with Gasteiger partial charge in [-0.05, 0) is 0 Å². The van der Waals surface area contributed by atoms with Gasteiger partial charge in [0.2, 0.25) is 11.2 Å². The number of hydrogen-bond acceptors (Lipinski definition) is 15. The van der Waals surface area contributed by atoms with E-state index in [1.165, 1.54) is 0 Å². The summed E-state index contributed by atoms with van der Waals surface area (Å²) in [4.78, 5) is 22.8. The number of ether oxygens (including phenoxy) is 1. The largest absolute Gasteiger partial charge is 1.00 e. The van der Waals surface area contributed by atoms with E-state index in [9.17, 15) is 70.9 Å². The van der Waals surface area contributed by atoms with Crippen LogP contribution in [0.1, 0.15) is 1.43 Å². The number of carboxylic acid groups (broad SMARTS) is 2. The fraction of sp³-hybridized carbons (Fsp3) is 0.875. The Morgan fingerprint density at radius 1 is 0.647 bits per heavy atom. The predicted molar refractivity (Wildman–Crippen MR) is 99.3 cm³/mol. The molecule has 0 saturated carbocycles. The summed E-state index contributed by atoms with van der Waals surface area (Å²) >= 11 is 0. The smallest absolute Gasteiger partial charge is 1.00 e. The Balaban J connectivity index is -0.00000512. The van der Waals surface area contributed by atoms with Crippen LogP contribution in [0.3, 0.4) is 0 Å². The summed E-state index contributed by atoms with van der Waals surface area (Å²) in [6, 6.07) is 0. The third-order valence-corrected chi connectivity index (χ3v) is 4.87. The third kappa shape index (κ3) is 8.23. The minimum atomic E-state index is -3.51. The fourth-order valence-corrected chi connectivity index (χ4v) is 2.52. The Kier molecular flexibility index (Phi) is 15.5. The van der Waals surface area contributed by atoms with Crippen molar-refractivity contribution < 1.29 is 117 Å². The molecular weight excluding hydrogens is 487 g/mol. The van der Waals surface area contributed by atoms with Gasteiger partial charge >= 0.3 is 41.5 Å². The van der Waals surface area contributed by atoms with E-state index in [0.29, 0.717) is 0 Å². The molecule has 0 aliphatic rings. The topological polar surface area (TPSA) is 327 Å². The van der Waals surface area contributed by atoms with Crippen molar-refractivity contribution in [1.29, 1.82) is 0 Å². The van der Waals surface area contributed by atoms with Crippen LogP contribution in [0.5, 0.6) is 0 Å². The van der Waals surface area contributed by atoms with Gasteiger partial charge in [0.15, 0.2) is 0 Å². The van der Waals surface area contributed by atoms with Crippen LogP contribution in [0.2, 0.25) is 0 Å². The molecule has 0 bridgehead atoms. The summed E-state index contributed by atoms with van der Waals surface area (Å²) in [5.41, 5.74) is -7.02. The first kappa shape index (κ1) is 35.6. The average molecular weight is 518 g/mol. The fourth-order valence-electron chi connectivity index (χ4n) is 2.52. The first-order valence-corrected chi connectivity index (χ1v) is 9.18. The molecule has 0 fully saturated rings. The molecule has 0 aromatic heterocycles. The standard InChI is InChI=1S/C16H30O17.Na.H/c17-1-5(19)7(21)9(23)11(25)15(31,13(27)28)3-33-4-16(32,14(29)30)12(26)10(24)8(22)6(20)2-18;;/h5-12,17-26,31-32H,1-4H2,(H,27,28)(H,29,30);;/q;+1;-1/t5-,6-,7-,8-,9+,10+,11-,12-,15?,16?;;/m1../s1. The van der Waals surface area contributed by atoms with Gasteiger partial charge in [-0.25, -0.2) is 9.59 Å². The predicted octanol–water partition coefficient (Wildman–Crippen LogP) is -11.4. The molecule has 0 spiro atoms. The Hall–Kier alpha value is -0.580. The van der Waals surface area contributed by atoms with Crippen LogP contribution in [-0.2, 0) is 14.3 Å². The minimum Gasteiger partial charge on any atom is -1.00 e. The van der Waals surface area contributed by atoms with Gasteiger partial charge in [0.1, 0.15) is 48.8 Å².